The first-order valence-corrected chi connectivity index (χ1v) is 13.3. The van der Waals surface area contributed by atoms with Gasteiger partial charge in [0.05, 0.1) is 12.2 Å². The summed E-state index contributed by atoms with van der Waals surface area (Å²) in [5.41, 5.74) is 3.57. The average Bonchev–Trinajstić information content (AvgIpc) is 3.34. The zero-order valence-electron chi connectivity index (χ0n) is 19.7. The molecule has 0 saturated heterocycles. The van der Waals surface area contributed by atoms with E-state index in [0.717, 1.165) is 54.6 Å². The van der Waals surface area contributed by atoms with Crippen LogP contribution in [0.4, 0.5) is 10.5 Å². The summed E-state index contributed by atoms with van der Waals surface area (Å²) < 4.78 is 1.91. The van der Waals surface area contributed by atoms with Crippen molar-refractivity contribution in [3.05, 3.63) is 60.3 Å². The maximum atomic E-state index is 12.8. The quantitative estimate of drug-likeness (QED) is 0.401. The molecule has 5 rings (SSSR count). The van der Waals surface area contributed by atoms with Crippen LogP contribution in [0.5, 0.6) is 0 Å². The highest BCUT2D eigenvalue weighted by Crippen LogP contribution is 2.35. The van der Waals surface area contributed by atoms with Crippen LogP contribution < -0.4 is 16.0 Å². The molecule has 2 aliphatic carbocycles. The second-order valence-electron chi connectivity index (χ2n) is 9.27. The first-order valence-electron chi connectivity index (χ1n) is 12.1. The molecular weight excluding hydrogens is 460 g/mol. The molecule has 3 aromatic rings. The van der Waals surface area contributed by atoms with Crippen molar-refractivity contribution in [2.45, 2.75) is 55.6 Å². The molecular formula is C26H30N6O2S. The predicted molar refractivity (Wildman–Crippen MR) is 137 cm³/mol. The molecule has 3 N–H and O–H groups in total. The minimum atomic E-state index is -0.182. The summed E-state index contributed by atoms with van der Waals surface area (Å²) in [6.07, 6.45) is 8.62. The first-order chi connectivity index (χ1) is 17.1. The Balaban J connectivity index is 1.12. The van der Waals surface area contributed by atoms with E-state index in [1.807, 2.05) is 35.1 Å². The van der Waals surface area contributed by atoms with Crippen LogP contribution in [0.25, 0.3) is 11.3 Å². The second-order valence-corrected chi connectivity index (χ2v) is 10.1. The summed E-state index contributed by atoms with van der Waals surface area (Å²) >= 11 is 1.71. The van der Waals surface area contributed by atoms with Crippen molar-refractivity contribution in [2.24, 2.45) is 5.92 Å². The smallest absolute Gasteiger partial charge is 0.319 e. The summed E-state index contributed by atoms with van der Waals surface area (Å²) in [5, 5.41) is 17.5. The van der Waals surface area contributed by atoms with Gasteiger partial charge in [-0.2, -0.15) is 0 Å². The van der Waals surface area contributed by atoms with Crippen molar-refractivity contribution < 1.29 is 9.59 Å². The van der Waals surface area contributed by atoms with Crippen molar-refractivity contribution >= 4 is 29.4 Å². The van der Waals surface area contributed by atoms with Gasteiger partial charge in [-0.3, -0.25) is 4.79 Å². The van der Waals surface area contributed by atoms with Gasteiger partial charge in [-0.1, -0.05) is 29.5 Å². The van der Waals surface area contributed by atoms with Crippen molar-refractivity contribution in [1.29, 1.82) is 0 Å². The van der Waals surface area contributed by atoms with Crippen LogP contribution in [-0.2, 0) is 11.3 Å². The Hall–Kier alpha value is -3.33. The van der Waals surface area contributed by atoms with Gasteiger partial charge in [0.25, 0.3) is 0 Å². The first kappa shape index (κ1) is 23.4. The number of thioether (sulfide) groups is 1. The molecule has 182 valence electrons. The monoisotopic (exact) mass is 490 g/mol. The minimum Gasteiger partial charge on any atom is -0.352 e. The fourth-order valence-electron chi connectivity index (χ4n) is 4.46. The third-order valence-corrected chi connectivity index (χ3v) is 7.35. The molecule has 35 heavy (non-hydrogen) atoms. The van der Waals surface area contributed by atoms with E-state index in [0.29, 0.717) is 12.6 Å². The van der Waals surface area contributed by atoms with Crippen LogP contribution in [0, 0.1) is 5.92 Å². The molecule has 3 amide bonds. The number of nitrogens with one attached hydrogen (secondary N) is 3. The minimum absolute atomic E-state index is 0.0425. The van der Waals surface area contributed by atoms with Gasteiger partial charge in [-0.25, -0.2) is 9.48 Å². The maximum absolute atomic E-state index is 12.8. The van der Waals surface area contributed by atoms with Gasteiger partial charge in [0.1, 0.15) is 5.69 Å². The number of benzene rings is 2. The lowest BCUT2D eigenvalue weighted by atomic mass is 10.1. The molecule has 1 heterocycles. The highest BCUT2D eigenvalue weighted by molar-refractivity contribution is 7.98. The van der Waals surface area contributed by atoms with Crippen LogP contribution in [0.15, 0.2) is 59.6 Å². The van der Waals surface area contributed by atoms with E-state index in [4.69, 9.17) is 0 Å². The Labute approximate surface area is 209 Å². The van der Waals surface area contributed by atoms with Crippen molar-refractivity contribution in [3.63, 3.8) is 0 Å². The zero-order valence-corrected chi connectivity index (χ0v) is 20.6. The van der Waals surface area contributed by atoms with Crippen LogP contribution in [0.3, 0.4) is 0 Å². The molecule has 0 spiro atoms. The fourth-order valence-corrected chi connectivity index (χ4v) is 4.87. The van der Waals surface area contributed by atoms with Crippen LogP contribution in [0.1, 0.15) is 43.7 Å². The lowest BCUT2D eigenvalue weighted by Crippen LogP contribution is -2.30. The number of anilines is 1. The number of aromatic nitrogens is 3. The van der Waals surface area contributed by atoms with Gasteiger partial charge in [0.2, 0.25) is 5.91 Å². The number of hydrogen-bond donors (Lipinski definition) is 3. The summed E-state index contributed by atoms with van der Waals surface area (Å²) in [4.78, 5) is 26.0. The summed E-state index contributed by atoms with van der Waals surface area (Å²) in [7, 11) is 0. The molecule has 1 aromatic heterocycles. The van der Waals surface area contributed by atoms with Gasteiger partial charge in [0.15, 0.2) is 0 Å². The molecule has 2 fully saturated rings. The Kier molecular flexibility index (Phi) is 7.03. The number of amides is 3. The number of rotatable bonds is 8. The second kappa shape index (κ2) is 10.5. The number of carbonyl (C=O) groups excluding carboxylic acids is 2. The van der Waals surface area contributed by atoms with Gasteiger partial charge in [-0.15, -0.1) is 16.9 Å². The number of hydrogen-bond acceptors (Lipinski definition) is 5. The predicted octanol–water partition coefficient (Wildman–Crippen LogP) is 4.61. The standard InChI is InChI=1S/C26H30N6O2S/c1-35-23-11-6-18(7-12-23)24-16-32(31-30-24)22-10-5-19(14-22)25(33)27-15-17-3-2-4-21(13-17)29-26(34)28-20-8-9-20/h2-4,6-7,11-13,16,19-20,22H,5,8-10,14-15H2,1H3,(H,27,33)(H2,28,29,34). The third-order valence-electron chi connectivity index (χ3n) is 6.61. The molecule has 0 aliphatic heterocycles. The summed E-state index contributed by atoms with van der Waals surface area (Å²) in [5.74, 6) is 0.0180. The topological polar surface area (TPSA) is 101 Å². The van der Waals surface area contributed by atoms with E-state index in [1.54, 1.807) is 11.8 Å². The highest BCUT2D eigenvalue weighted by atomic mass is 32.2. The number of carbonyl (C=O) groups is 2. The summed E-state index contributed by atoms with van der Waals surface area (Å²) in [6.45, 7) is 0.430. The number of nitrogens with zero attached hydrogens (tertiary/aromatic N) is 3. The van der Waals surface area contributed by atoms with Crippen molar-refractivity contribution in [2.75, 3.05) is 11.6 Å². The molecule has 2 saturated carbocycles. The largest absolute Gasteiger partial charge is 0.352 e. The van der Waals surface area contributed by atoms with E-state index >= 15 is 0 Å². The Morgan fingerprint density at radius 2 is 1.91 bits per heavy atom. The van der Waals surface area contributed by atoms with Gasteiger partial charge >= 0.3 is 6.03 Å². The van der Waals surface area contributed by atoms with E-state index in [1.165, 1.54) is 4.90 Å². The molecule has 8 nitrogen and oxygen atoms in total. The Morgan fingerprint density at radius 3 is 2.69 bits per heavy atom. The third kappa shape index (κ3) is 6.03. The lowest BCUT2D eigenvalue weighted by Gasteiger charge is -2.13. The Morgan fingerprint density at radius 1 is 1.09 bits per heavy atom. The Bertz CT molecular complexity index is 1190. The van der Waals surface area contributed by atoms with Gasteiger partial charge in [-0.05, 0) is 68.2 Å². The van der Waals surface area contributed by atoms with E-state index in [2.05, 4.69) is 56.8 Å². The van der Waals surface area contributed by atoms with Gasteiger partial charge in [0, 0.05) is 34.7 Å². The molecule has 0 radical (unpaired) electrons. The zero-order chi connectivity index (χ0) is 24.2. The maximum Gasteiger partial charge on any atom is 0.319 e. The van der Waals surface area contributed by atoms with Crippen LogP contribution in [-0.4, -0.2) is 39.2 Å². The van der Waals surface area contributed by atoms with E-state index in [9.17, 15) is 9.59 Å². The normalized spacial score (nSPS) is 19.3. The SMILES string of the molecule is CSc1ccc(-c2cn(C3CCC(C(=O)NCc4cccc(NC(=O)NC5CC5)c4)C3)nn2)cc1. The van der Waals surface area contributed by atoms with Crippen molar-refractivity contribution in [3.8, 4) is 11.3 Å². The molecule has 0 bridgehead atoms. The van der Waals surface area contributed by atoms with Crippen molar-refractivity contribution in [1.82, 2.24) is 25.6 Å². The molecule has 9 heteroatoms. The van der Waals surface area contributed by atoms with Crippen LogP contribution in [0.2, 0.25) is 0 Å². The van der Waals surface area contributed by atoms with Gasteiger partial charge < -0.3 is 16.0 Å². The molecule has 2 aliphatic rings. The lowest BCUT2D eigenvalue weighted by molar-refractivity contribution is -0.125. The van der Waals surface area contributed by atoms with E-state index < -0.39 is 0 Å². The molecule has 2 aromatic carbocycles. The summed E-state index contributed by atoms with van der Waals surface area (Å²) in [6, 6.07) is 16.2. The van der Waals surface area contributed by atoms with E-state index in [-0.39, 0.29) is 23.9 Å². The number of urea groups is 1. The molecule has 2 atom stereocenters. The highest BCUT2D eigenvalue weighted by Gasteiger charge is 2.31. The average molecular weight is 491 g/mol. The van der Waals surface area contributed by atoms with Crippen LogP contribution >= 0.6 is 11.8 Å². The fraction of sp³-hybridized carbons (Fsp3) is 0.385. The molecule has 2 unspecified atom stereocenters.